The van der Waals surface area contributed by atoms with Crippen LogP contribution in [-0.4, -0.2) is 64.1 Å². The van der Waals surface area contributed by atoms with E-state index in [-0.39, 0.29) is 19.0 Å². The third kappa shape index (κ3) is 4.26. The molecule has 1 aromatic carbocycles. The molecule has 0 saturated carbocycles. The second-order valence-corrected chi connectivity index (χ2v) is 9.73. The standard InChI is InChI=1S/C23H27N5O3S/c1-18-9-10-19(2)28(18)22-21(17-24-25(22)3)23(29)26-12-14-27(15-13-26)32(30,31)16-11-20-7-5-4-6-8-20/h4-11,16-17H,12-15H2,1-3H3/b16-11+. The maximum atomic E-state index is 13.3. The zero-order valence-corrected chi connectivity index (χ0v) is 19.3. The molecule has 1 aliphatic rings. The molecule has 9 heteroatoms. The van der Waals surface area contributed by atoms with Gasteiger partial charge in [0.15, 0.2) is 0 Å². The van der Waals surface area contributed by atoms with Crippen LogP contribution in [0.5, 0.6) is 0 Å². The first-order valence-electron chi connectivity index (χ1n) is 10.5. The van der Waals surface area contributed by atoms with Crippen LogP contribution in [0.25, 0.3) is 11.9 Å². The number of piperazine rings is 1. The van der Waals surface area contributed by atoms with E-state index in [1.807, 2.05) is 67.9 Å². The number of amides is 1. The summed E-state index contributed by atoms with van der Waals surface area (Å²) in [5.41, 5.74) is 3.36. The lowest BCUT2D eigenvalue weighted by molar-refractivity contribution is 0.0698. The van der Waals surface area contributed by atoms with Crippen LogP contribution >= 0.6 is 0 Å². The van der Waals surface area contributed by atoms with Gasteiger partial charge in [0, 0.05) is 50.0 Å². The van der Waals surface area contributed by atoms with Crippen LogP contribution in [-0.2, 0) is 17.1 Å². The number of aromatic nitrogens is 3. The number of rotatable bonds is 5. The van der Waals surface area contributed by atoms with E-state index in [1.165, 1.54) is 9.71 Å². The second kappa shape index (κ2) is 8.76. The number of hydrogen-bond acceptors (Lipinski definition) is 4. The lowest BCUT2D eigenvalue weighted by Crippen LogP contribution is -2.50. The van der Waals surface area contributed by atoms with Crippen LogP contribution in [0.15, 0.2) is 54.1 Å². The van der Waals surface area contributed by atoms with Gasteiger partial charge < -0.3 is 9.47 Å². The number of carbonyl (C=O) groups excluding carboxylic acids is 1. The van der Waals surface area contributed by atoms with Crippen molar-refractivity contribution in [3.63, 3.8) is 0 Å². The molecule has 1 fully saturated rings. The van der Waals surface area contributed by atoms with Crippen LogP contribution in [0.1, 0.15) is 27.3 Å². The average Bonchev–Trinajstić information content (AvgIpc) is 3.33. The van der Waals surface area contributed by atoms with Gasteiger partial charge in [-0.2, -0.15) is 9.40 Å². The molecule has 32 heavy (non-hydrogen) atoms. The molecular weight excluding hydrogens is 426 g/mol. The summed E-state index contributed by atoms with van der Waals surface area (Å²) in [5.74, 6) is 0.577. The minimum Gasteiger partial charge on any atom is -0.336 e. The molecule has 8 nitrogen and oxygen atoms in total. The van der Waals surface area contributed by atoms with Crippen LogP contribution in [0.3, 0.4) is 0 Å². The summed E-state index contributed by atoms with van der Waals surface area (Å²) in [4.78, 5) is 15.0. The Morgan fingerprint density at radius 1 is 0.969 bits per heavy atom. The lowest BCUT2D eigenvalue weighted by atomic mass is 10.2. The highest BCUT2D eigenvalue weighted by atomic mass is 32.2. The molecule has 1 aliphatic heterocycles. The monoisotopic (exact) mass is 453 g/mol. The number of carbonyl (C=O) groups is 1. The number of benzene rings is 1. The molecule has 0 atom stereocenters. The van der Waals surface area contributed by atoms with E-state index in [4.69, 9.17) is 0 Å². The summed E-state index contributed by atoms with van der Waals surface area (Å²) in [6.45, 7) is 5.14. The number of hydrogen-bond donors (Lipinski definition) is 0. The van der Waals surface area contributed by atoms with E-state index in [2.05, 4.69) is 5.10 Å². The smallest absolute Gasteiger partial charge is 0.259 e. The molecule has 0 unspecified atom stereocenters. The summed E-state index contributed by atoms with van der Waals surface area (Å²) in [6.07, 6.45) is 3.18. The van der Waals surface area contributed by atoms with Gasteiger partial charge in [-0.3, -0.25) is 9.48 Å². The first-order chi connectivity index (χ1) is 15.3. The maximum absolute atomic E-state index is 13.3. The second-order valence-electron chi connectivity index (χ2n) is 7.91. The Bertz CT molecular complexity index is 1230. The van der Waals surface area contributed by atoms with E-state index >= 15 is 0 Å². The number of sulfonamides is 1. The Labute approximate surface area is 188 Å². The van der Waals surface area contributed by atoms with E-state index in [0.717, 1.165) is 22.8 Å². The topological polar surface area (TPSA) is 80.4 Å². The summed E-state index contributed by atoms with van der Waals surface area (Å²) in [6, 6.07) is 13.3. The van der Waals surface area contributed by atoms with Gasteiger partial charge in [-0.05, 0) is 37.6 Å². The Morgan fingerprint density at radius 3 is 2.22 bits per heavy atom. The van der Waals surface area contributed by atoms with Gasteiger partial charge in [-0.1, -0.05) is 30.3 Å². The molecule has 1 saturated heterocycles. The third-order valence-corrected chi connectivity index (χ3v) is 7.30. The molecule has 3 aromatic rings. The summed E-state index contributed by atoms with van der Waals surface area (Å²) >= 11 is 0. The molecule has 4 rings (SSSR count). The van der Waals surface area contributed by atoms with Crippen molar-refractivity contribution in [3.05, 3.63) is 76.6 Å². The number of aryl methyl sites for hydroxylation is 3. The fourth-order valence-electron chi connectivity index (χ4n) is 3.98. The van der Waals surface area contributed by atoms with Gasteiger partial charge in [0.05, 0.1) is 6.20 Å². The van der Waals surface area contributed by atoms with Crippen molar-refractivity contribution < 1.29 is 13.2 Å². The predicted octanol–water partition coefficient (Wildman–Crippen LogP) is 2.59. The molecule has 2 aromatic heterocycles. The number of nitrogens with zero attached hydrogens (tertiary/aromatic N) is 5. The maximum Gasteiger partial charge on any atom is 0.259 e. The van der Waals surface area contributed by atoms with Gasteiger partial charge >= 0.3 is 0 Å². The molecular formula is C23H27N5O3S. The van der Waals surface area contributed by atoms with Crippen molar-refractivity contribution in [2.75, 3.05) is 26.2 Å². The Balaban J connectivity index is 1.48. The van der Waals surface area contributed by atoms with Crippen molar-refractivity contribution >= 4 is 22.0 Å². The van der Waals surface area contributed by atoms with Gasteiger partial charge in [-0.25, -0.2) is 8.42 Å². The van der Waals surface area contributed by atoms with Gasteiger partial charge in [0.1, 0.15) is 11.4 Å². The van der Waals surface area contributed by atoms with Crippen LogP contribution in [0.2, 0.25) is 0 Å². The zero-order valence-electron chi connectivity index (χ0n) is 18.5. The molecule has 1 amide bonds. The summed E-state index contributed by atoms with van der Waals surface area (Å²) in [7, 11) is -1.74. The van der Waals surface area contributed by atoms with Gasteiger partial charge in [0.25, 0.3) is 5.91 Å². The first kappa shape index (κ1) is 22.0. The van der Waals surface area contributed by atoms with Crippen molar-refractivity contribution in [2.24, 2.45) is 7.05 Å². The minimum absolute atomic E-state index is 0.141. The van der Waals surface area contributed by atoms with Crippen molar-refractivity contribution in [3.8, 4) is 5.82 Å². The summed E-state index contributed by atoms with van der Waals surface area (Å²) < 4.78 is 30.5. The highest BCUT2D eigenvalue weighted by Crippen LogP contribution is 2.22. The van der Waals surface area contributed by atoms with Crippen molar-refractivity contribution in [1.29, 1.82) is 0 Å². The van der Waals surface area contributed by atoms with Crippen molar-refractivity contribution in [2.45, 2.75) is 13.8 Å². The highest BCUT2D eigenvalue weighted by Gasteiger charge is 2.30. The van der Waals surface area contributed by atoms with Crippen LogP contribution in [0, 0.1) is 13.8 Å². The molecule has 0 bridgehead atoms. The van der Waals surface area contributed by atoms with Crippen LogP contribution < -0.4 is 0 Å². The van der Waals surface area contributed by atoms with Gasteiger partial charge in [-0.15, -0.1) is 0 Å². The van der Waals surface area contributed by atoms with Crippen molar-refractivity contribution in [1.82, 2.24) is 23.6 Å². The molecule has 0 radical (unpaired) electrons. The molecule has 0 N–H and O–H groups in total. The Kier molecular flexibility index (Phi) is 6.03. The SMILES string of the molecule is Cc1ccc(C)n1-c1c(C(=O)N2CCN(S(=O)(=O)/C=C/c3ccccc3)CC2)cnn1C. The fourth-order valence-corrected chi connectivity index (χ4v) is 5.15. The zero-order chi connectivity index (χ0) is 22.9. The lowest BCUT2D eigenvalue weighted by Gasteiger charge is -2.33. The highest BCUT2D eigenvalue weighted by molar-refractivity contribution is 7.92. The summed E-state index contributed by atoms with van der Waals surface area (Å²) in [5, 5.41) is 5.54. The first-order valence-corrected chi connectivity index (χ1v) is 12.0. The van der Waals surface area contributed by atoms with E-state index < -0.39 is 10.0 Å². The Morgan fingerprint density at radius 2 is 1.59 bits per heavy atom. The molecule has 168 valence electrons. The quantitative estimate of drug-likeness (QED) is 0.595. The average molecular weight is 454 g/mol. The third-order valence-electron chi connectivity index (χ3n) is 5.74. The van der Waals surface area contributed by atoms with Crippen LogP contribution in [0.4, 0.5) is 0 Å². The van der Waals surface area contributed by atoms with E-state index in [1.54, 1.807) is 21.9 Å². The molecule has 3 heterocycles. The fraction of sp³-hybridized carbons (Fsp3) is 0.304. The van der Waals surface area contributed by atoms with E-state index in [0.29, 0.717) is 18.7 Å². The predicted molar refractivity (Wildman–Crippen MR) is 124 cm³/mol. The Hall–Kier alpha value is -3.17. The van der Waals surface area contributed by atoms with E-state index in [9.17, 15) is 13.2 Å². The molecule has 0 aliphatic carbocycles. The normalized spacial score (nSPS) is 15.5. The molecule has 0 spiro atoms. The largest absolute Gasteiger partial charge is 0.336 e. The van der Waals surface area contributed by atoms with Gasteiger partial charge in [0.2, 0.25) is 10.0 Å². The minimum atomic E-state index is -3.55.